The van der Waals surface area contributed by atoms with Crippen molar-refractivity contribution in [1.29, 1.82) is 0 Å². The minimum absolute atomic E-state index is 0.0218. The van der Waals surface area contributed by atoms with E-state index in [0.29, 0.717) is 18.7 Å². The maximum Gasteiger partial charge on any atom is 0.0933 e. The highest BCUT2D eigenvalue weighted by atomic mass is 16.5. The highest BCUT2D eigenvalue weighted by Gasteiger charge is 2.28. The minimum Gasteiger partial charge on any atom is -0.394 e. The van der Waals surface area contributed by atoms with Crippen LogP contribution < -0.4 is 5.73 Å². The molecule has 1 fully saturated rings. The van der Waals surface area contributed by atoms with E-state index in [0.717, 1.165) is 19.5 Å². The molecule has 14 heavy (non-hydrogen) atoms. The van der Waals surface area contributed by atoms with Crippen LogP contribution in [0.1, 0.15) is 20.3 Å². The molecule has 3 atom stereocenters. The first kappa shape index (κ1) is 11.9. The fraction of sp³-hybridized carbons (Fsp3) is 1.00. The zero-order valence-corrected chi connectivity index (χ0v) is 9.15. The Morgan fingerprint density at radius 2 is 2.36 bits per heavy atom. The summed E-state index contributed by atoms with van der Waals surface area (Å²) >= 11 is 0. The van der Waals surface area contributed by atoms with Gasteiger partial charge in [0.25, 0.3) is 0 Å². The Labute approximate surface area is 86.0 Å². The Morgan fingerprint density at radius 3 is 2.93 bits per heavy atom. The van der Waals surface area contributed by atoms with Crippen LogP contribution in [0.4, 0.5) is 0 Å². The second kappa shape index (κ2) is 5.66. The zero-order chi connectivity index (χ0) is 10.6. The summed E-state index contributed by atoms with van der Waals surface area (Å²) in [6, 6.07) is 0.910. The van der Waals surface area contributed by atoms with Gasteiger partial charge in [-0.3, -0.25) is 4.90 Å². The van der Waals surface area contributed by atoms with Crippen LogP contribution in [0, 0.1) is 0 Å². The van der Waals surface area contributed by atoms with Crippen LogP contribution in [0.2, 0.25) is 0 Å². The lowest BCUT2D eigenvalue weighted by Gasteiger charge is -2.41. The minimum atomic E-state index is -0.0218. The van der Waals surface area contributed by atoms with Gasteiger partial charge in [0.2, 0.25) is 0 Å². The van der Waals surface area contributed by atoms with Crippen LogP contribution in [-0.4, -0.2) is 54.5 Å². The molecule has 3 N–H and O–H groups in total. The molecule has 0 spiro atoms. The Hall–Kier alpha value is -0.160. The summed E-state index contributed by atoms with van der Waals surface area (Å²) in [5.74, 6) is 0. The van der Waals surface area contributed by atoms with Crippen molar-refractivity contribution in [2.45, 2.75) is 38.5 Å². The number of nitrogens with zero attached hydrogens (tertiary/aromatic N) is 1. The van der Waals surface area contributed by atoms with E-state index in [-0.39, 0.29) is 12.7 Å². The third kappa shape index (κ3) is 2.92. The summed E-state index contributed by atoms with van der Waals surface area (Å²) in [4.78, 5) is 2.37. The van der Waals surface area contributed by atoms with Crippen molar-refractivity contribution >= 4 is 0 Å². The average Bonchev–Trinajstić information content (AvgIpc) is 2.19. The highest BCUT2D eigenvalue weighted by molar-refractivity contribution is 4.81. The van der Waals surface area contributed by atoms with Gasteiger partial charge >= 0.3 is 0 Å². The quantitative estimate of drug-likeness (QED) is 0.663. The number of morpholine rings is 1. The number of hydrogen-bond acceptors (Lipinski definition) is 4. The third-order valence-corrected chi connectivity index (χ3v) is 2.91. The van der Waals surface area contributed by atoms with Gasteiger partial charge in [0.05, 0.1) is 19.3 Å². The van der Waals surface area contributed by atoms with Crippen molar-refractivity contribution in [2.24, 2.45) is 5.73 Å². The topological polar surface area (TPSA) is 58.7 Å². The summed E-state index contributed by atoms with van der Waals surface area (Å²) in [6.07, 6.45) is 0.981. The fourth-order valence-corrected chi connectivity index (χ4v) is 1.97. The molecule has 4 heteroatoms. The number of rotatable bonds is 4. The molecular formula is C10H22N2O2. The molecule has 0 radical (unpaired) electrons. The maximum atomic E-state index is 9.03. The Kier molecular flexibility index (Phi) is 4.81. The Balaban J connectivity index is 2.46. The second-order valence-corrected chi connectivity index (χ2v) is 4.11. The summed E-state index contributed by atoms with van der Waals surface area (Å²) in [6.45, 7) is 6.69. The van der Waals surface area contributed by atoms with Gasteiger partial charge in [0.15, 0.2) is 0 Å². The largest absolute Gasteiger partial charge is 0.394 e. The molecule has 0 aliphatic carbocycles. The van der Waals surface area contributed by atoms with E-state index in [1.165, 1.54) is 0 Å². The molecule has 1 aliphatic heterocycles. The number of aliphatic hydroxyl groups excluding tert-OH is 1. The summed E-state index contributed by atoms with van der Waals surface area (Å²) in [5.41, 5.74) is 5.54. The molecule has 0 aromatic carbocycles. The summed E-state index contributed by atoms with van der Waals surface area (Å²) in [5, 5.41) is 9.03. The molecule has 0 aromatic heterocycles. The van der Waals surface area contributed by atoms with Gasteiger partial charge in [-0.25, -0.2) is 0 Å². The lowest BCUT2D eigenvalue weighted by Crippen LogP contribution is -2.53. The van der Waals surface area contributed by atoms with E-state index in [9.17, 15) is 0 Å². The van der Waals surface area contributed by atoms with Gasteiger partial charge < -0.3 is 15.6 Å². The standard InChI is InChI=1S/C10H22N2O2/c1-8(3-4-11)12-5-10(6-13)14-7-9(12)2/h8-10,13H,3-7,11H2,1-2H3. The lowest BCUT2D eigenvalue weighted by molar-refractivity contribution is -0.0894. The van der Waals surface area contributed by atoms with Gasteiger partial charge in [-0.2, -0.15) is 0 Å². The predicted octanol–water partition coefficient (Wildman–Crippen LogP) is -0.195. The van der Waals surface area contributed by atoms with Crippen molar-refractivity contribution in [3.05, 3.63) is 0 Å². The van der Waals surface area contributed by atoms with Crippen LogP contribution in [0.5, 0.6) is 0 Å². The average molecular weight is 202 g/mol. The predicted molar refractivity (Wildman–Crippen MR) is 56.1 cm³/mol. The third-order valence-electron chi connectivity index (χ3n) is 2.91. The van der Waals surface area contributed by atoms with Crippen molar-refractivity contribution in [2.75, 3.05) is 26.3 Å². The van der Waals surface area contributed by atoms with Crippen LogP contribution in [0.25, 0.3) is 0 Å². The summed E-state index contributed by atoms with van der Waals surface area (Å²) < 4.78 is 5.47. The molecule has 0 saturated carbocycles. The molecular weight excluding hydrogens is 180 g/mol. The SMILES string of the molecule is CC(CCN)N1CC(CO)OCC1C. The van der Waals surface area contributed by atoms with E-state index >= 15 is 0 Å². The lowest BCUT2D eigenvalue weighted by atomic mass is 10.1. The summed E-state index contributed by atoms with van der Waals surface area (Å²) in [7, 11) is 0. The molecule has 4 nitrogen and oxygen atoms in total. The fourth-order valence-electron chi connectivity index (χ4n) is 1.97. The Bertz CT molecular complexity index is 166. The van der Waals surface area contributed by atoms with Crippen LogP contribution in [0.3, 0.4) is 0 Å². The molecule has 1 aliphatic rings. The maximum absolute atomic E-state index is 9.03. The number of aliphatic hydroxyl groups is 1. The number of ether oxygens (including phenoxy) is 1. The first-order valence-electron chi connectivity index (χ1n) is 5.37. The second-order valence-electron chi connectivity index (χ2n) is 4.11. The number of nitrogens with two attached hydrogens (primary N) is 1. The van der Waals surface area contributed by atoms with Crippen molar-refractivity contribution in [3.63, 3.8) is 0 Å². The smallest absolute Gasteiger partial charge is 0.0933 e. The molecule has 3 unspecified atom stereocenters. The van der Waals surface area contributed by atoms with Crippen LogP contribution >= 0.6 is 0 Å². The van der Waals surface area contributed by atoms with E-state index in [1.54, 1.807) is 0 Å². The van der Waals surface area contributed by atoms with Crippen LogP contribution in [-0.2, 0) is 4.74 Å². The monoisotopic (exact) mass is 202 g/mol. The van der Waals surface area contributed by atoms with Crippen molar-refractivity contribution in [1.82, 2.24) is 4.90 Å². The van der Waals surface area contributed by atoms with Gasteiger partial charge in [-0.15, -0.1) is 0 Å². The van der Waals surface area contributed by atoms with Crippen molar-refractivity contribution in [3.8, 4) is 0 Å². The normalized spacial score (nSPS) is 31.7. The number of hydrogen-bond donors (Lipinski definition) is 2. The first-order valence-corrected chi connectivity index (χ1v) is 5.37. The highest BCUT2D eigenvalue weighted by Crippen LogP contribution is 2.16. The van der Waals surface area contributed by atoms with Gasteiger partial charge in [0.1, 0.15) is 0 Å². The van der Waals surface area contributed by atoms with Gasteiger partial charge in [-0.05, 0) is 26.8 Å². The van der Waals surface area contributed by atoms with E-state index in [1.807, 2.05) is 0 Å². The molecule has 1 saturated heterocycles. The zero-order valence-electron chi connectivity index (χ0n) is 9.15. The molecule has 0 bridgehead atoms. The molecule has 0 aromatic rings. The molecule has 84 valence electrons. The van der Waals surface area contributed by atoms with Gasteiger partial charge in [0, 0.05) is 18.6 Å². The van der Waals surface area contributed by atoms with E-state index in [4.69, 9.17) is 15.6 Å². The molecule has 1 heterocycles. The molecule has 0 amide bonds. The van der Waals surface area contributed by atoms with Crippen molar-refractivity contribution < 1.29 is 9.84 Å². The molecule has 1 rings (SSSR count). The van der Waals surface area contributed by atoms with Gasteiger partial charge in [-0.1, -0.05) is 0 Å². The van der Waals surface area contributed by atoms with E-state index in [2.05, 4.69) is 18.7 Å². The van der Waals surface area contributed by atoms with Crippen LogP contribution in [0.15, 0.2) is 0 Å². The van der Waals surface area contributed by atoms with E-state index < -0.39 is 0 Å². The first-order chi connectivity index (χ1) is 6.69. The Morgan fingerprint density at radius 1 is 1.64 bits per heavy atom.